The Morgan fingerprint density at radius 1 is 1.15 bits per heavy atom. The van der Waals surface area contributed by atoms with E-state index < -0.39 is 67.5 Å². The Bertz CT molecular complexity index is 1150. The summed E-state index contributed by atoms with van der Waals surface area (Å²) in [6.07, 6.45) is -0.0755. The number of aromatic hydroxyl groups is 1. The van der Waals surface area contributed by atoms with E-state index in [9.17, 15) is 24.6 Å². The van der Waals surface area contributed by atoms with Crippen LogP contribution in [0.4, 0.5) is 0 Å². The lowest BCUT2D eigenvalue weighted by molar-refractivity contribution is -0.185. The van der Waals surface area contributed by atoms with E-state index >= 15 is 0 Å². The Balaban J connectivity index is 1.77. The van der Waals surface area contributed by atoms with Crippen LogP contribution in [0.2, 0.25) is 0 Å². The molecule has 5 atom stereocenters. The van der Waals surface area contributed by atoms with Crippen molar-refractivity contribution in [1.82, 2.24) is 10.3 Å². The molecule has 12 nitrogen and oxygen atoms in total. The Hall–Kier alpha value is -3.74. The molecule has 1 aliphatic heterocycles. The van der Waals surface area contributed by atoms with Gasteiger partial charge in [0, 0.05) is 25.3 Å². The number of hydrogen-bond acceptors (Lipinski definition) is 11. The van der Waals surface area contributed by atoms with Crippen molar-refractivity contribution in [2.24, 2.45) is 5.92 Å². The Labute approximate surface area is 238 Å². The van der Waals surface area contributed by atoms with Crippen molar-refractivity contribution in [2.75, 3.05) is 20.0 Å². The first-order valence-corrected chi connectivity index (χ1v) is 13.7. The van der Waals surface area contributed by atoms with Crippen LogP contribution in [-0.2, 0) is 35.0 Å². The third kappa shape index (κ3) is 9.13. The molecule has 0 aliphatic carbocycles. The van der Waals surface area contributed by atoms with Crippen molar-refractivity contribution in [1.29, 1.82) is 0 Å². The molecule has 2 aromatic rings. The van der Waals surface area contributed by atoms with Crippen LogP contribution < -0.4 is 10.1 Å². The van der Waals surface area contributed by atoms with Crippen LogP contribution in [0.15, 0.2) is 42.6 Å². The number of ether oxygens (including phenoxy) is 5. The second kappa shape index (κ2) is 15.9. The van der Waals surface area contributed by atoms with Gasteiger partial charge in [0.1, 0.15) is 12.6 Å². The maximum Gasteiger partial charge on any atom is 0.312 e. The predicted octanol–water partition coefficient (Wildman–Crippen LogP) is 2.50. The van der Waals surface area contributed by atoms with Gasteiger partial charge in [-0.25, -0.2) is 4.98 Å². The van der Waals surface area contributed by atoms with Gasteiger partial charge >= 0.3 is 11.9 Å². The number of pyridine rings is 1. The summed E-state index contributed by atoms with van der Waals surface area (Å²) < 4.78 is 27.7. The van der Waals surface area contributed by atoms with E-state index in [0.717, 1.165) is 5.56 Å². The number of cyclic esters (lactones) is 1. The first-order chi connectivity index (χ1) is 19.7. The molecule has 3 rings (SSSR count). The van der Waals surface area contributed by atoms with E-state index in [2.05, 4.69) is 10.3 Å². The Morgan fingerprint density at radius 2 is 1.90 bits per heavy atom. The van der Waals surface area contributed by atoms with Gasteiger partial charge < -0.3 is 39.2 Å². The molecule has 3 N–H and O–H groups in total. The van der Waals surface area contributed by atoms with E-state index in [1.54, 1.807) is 6.92 Å². The first-order valence-electron chi connectivity index (χ1n) is 13.7. The summed E-state index contributed by atoms with van der Waals surface area (Å²) >= 11 is 0. The summed E-state index contributed by atoms with van der Waals surface area (Å²) in [5.74, 6) is -3.39. The summed E-state index contributed by atoms with van der Waals surface area (Å²) in [5.41, 5.74) is 0.563. The van der Waals surface area contributed by atoms with Gasteiger partial charge in [0.2, 0.25) is 6.79 Å². The normalized spacial score (nSPS) is 22.9. The number of carbonyl (C=O) groups is 3. The van der Waals surface area contributed by atoms with Gasteiger partial charge in [0.15, 0.2) is 23.5 Å². The maximum atomic E-state index is 13.3. The van der Waals surface area contributed by atoms with Gasteiger partial charge in [-0.1, -0.05) is 44.2 Å². The smallest absolute Gasteiger partial charge is 0.312 e. The second-order valence-corrected chi connectivity index (χ2v) is 9.61. The molecule has 3 unspecified atom stereocenters. The molecule has 41 heavy (non-hydrogen) atoms. The minimum atomic E-state index is -1.58. The molecule has 1 amide bonds. The molecule has 12 heteroatoms. The summed E-state index contributed by atoms with van der Waals surface area (Å²) in [5, 5.41) is 23.7. The van der Waals surface area contributed by atoms with E-state index in [4.69, 9.17) is 23.7 Å². The van der Waals surface area contributed by atoms with Crippen molar-refractivity contribution >= 4 is 17.8 Å². The van der Waals surface area contributed by atoms with Crippen LogP contribution >= 0.6 is 0 Å². The molecule has 0 bridgehead atoms. The Kier molecular flexibility index (Phi) is 12.3. The number of carbonyl (C=O) groups excluding carboxylic acids is 3. The maximum absolute atomic E-state index is 13.3. The number of nitrogens with zero attached hydrogens (tertiary/aromatic N) is 1. The second-order valence-electron chi connectivity index (χ2n) is 9.61. The van der Waals surface area contributed by atoms with Crippen LogP contribution in [0.5, 0.6) is 11.5 Å². The zero-order chi connectivity index (χ0) is 29.8. The highest BCUT2D eigenvalue weighted by Crippen LogP contribution is 2.29. The van der Waals surface area contributed by atoms with E-state index in [-0.39, 0.29) is 17.9 Å². The van der Waals surface area contributed by atoms with Crippen molar-refractivity contribution in [2.45, 2.75) is 71.0 Å². The van der Waals surface area contributed by atoms with Crippen LogP contribution in [0, 0.1) is 5.92 Å². The zero-order valence-corrected chi connectivity index (χ0v) is 23.5. The van der Waals surface area contributed by atoms with Gasteiger partial charge in [0.05, 0.1) is 18.1 Å². The molecule has 0 radical (unpaired) electrons. The summed E-state index contributed by atoms with van der Waals surface area (Å²) in [6, 6.07) is 9.41. The fourth-order valence-corrected chi connectivity index (χ4v) is 4.31. The number of hydrogen-bond donors (Lipinski definition) is 3. The molecular formula is C29H38N2O10. The molecule has 0 spiro atoms. The average Bonchev–Trinajstić information content (AvgIpc) is 2.98. The molecule has 1 saturated heterocycles. The van der Waals surface area contributed by atoms with Crippen molar-refractivity contribution in [3.63, 3.8) is 0 Å². The highest BCUT2D eigenvalue weighted by Gasteiger charge is 2.40. The van der Waals surface area contributed by atoms with Crippen LogP contribution in [0.3, 0.4) is 0 Å². The molecule has 1 fully saturated rings. The molecule has 2 heterocycles. The number of nitrogens with one attached hydrogen (secondary N) is 1. The minimum absolute atomic E-state index is 0.184. The standard InChI is InChI=1S/C29H38N2O10/c1-4-9-23(33)39-17-40-26-22(32)12-13-30-24(26)27(34)31-21-16-38-28(35)20(15-19-10-7-6-8-11-19)25(37-14-5-2)18(3)41-29(21)36/h6-8,10-13,18,20-21,25,29,36H,4-5,9,14-17H2,1-3H3,(H,30,32)(H,31,34)/t18-,20+,21?,25?,29?/m0/s1. The van der Waals surface area contributed by atoms with Crippen LogP contribution in [-0.4, -0.2) is 77.6 Å². The molecule has 1 aromatic heterocycles. The largest absolute Gasteiger partial charge is 0.504 e. The molecule has 0 saturated carbocycles. The first kappa shape index (κ1) is 31.8. The SMILES string of the molecule is CCCOC1[C@H](C)OC(O)C(NC(=O)c2nccc(O)c2OCOC(=O)CCC)COC(=O)[C@@H]1Cc1ccccc1. The lowest BCUT2D eigenvalue weighted by Crippen LogP contribution is -2.49. The molecular weight excluding hydrogens is 536 g/mol. The van der Waals surface area contributed by atoms with E-state index in [1.165, 1.54) is 12.3 Å². The summed E-state index contributed by atoms with van der Waals surface area (Å²) in [6.45, 7) is 4.84. The van der Waals surface area contributed by atoms with Gasteiger partial charge in [0.25, 0.3) is 5.91 Å². The number of rotatable bonds is 12. The van der Waals surface area contributed by atoms with E-state index in [1.807, 2.05) is 44.2 Å². The van der Waals surface area contributed by atoms with Crippen molar-refractivity contribution < 1.29 is 48.3 Å². The molecule has 224 valence electrons. The fraction of sp³-hybridized carbons (Fsp3) is 0.517. The minimum Gasteiger partial charge on any atom is -0.504 e. The number of esters is 2. The van der Waals surface area contributed by atoms with Gasteiger partial charge in [-0.2, -0.15) is 0 Å². The number of aliphatic hydroxyl groups excluding tert-OH is 1. The third-order valence-electron chi connectivity index (χ3n) is 6.37. The molecule has 1 aliphatic rings. The van der Waals surface area contributed by atoms with Gasteiger partial charge in [-0.3, -0.25) is 14.4 Å². The molecule has 1 aromatic carbocycles. The summed E-state index contributed by atoms with van der Waals surface area (Å²) in [7, 11) is 0. The lowest BCUT2D eigenvalue weighted by atomic mass is 9.91. The number of amides is 1. The summed E-state index contributed by atoms with van der Waals surface area (Å²) in [4.78, 5) is 42.1. The van der Waals surface area contributed by atoms with Crippen LogP contribution in [0.25, 0.3) is 0 Å². The quantitative estimate of drug-likeness (QED) is 0.252. The fourth-order valence-electron chi connectivity index (χ4n) is 4.31. The topological polar surface area (TPSA) is 163 Å². The highest BCUT2D eigenvalue weighted by molar-refractivity contribution is 5.96. The predicted molar refractivity (Wildman–Crippen MR) is 145 cm³/mol. The van der Waals surface area contributed by atoms with Crippen molar-refractivity contribution in [3.05, 3.63) is 53.9 Å². The Morgan fingerprint density at radius 3 is 2.61 bits per heavy atom. The average molecular weight is 575 g/mol. The number of benzene rings is 1. The van der Waals surface area contributed by atoms with Crippen LogP contribution in [0.1, 0.15) is 56.1 Å². The van der Waals surface area contributed by atoms with Crippen molar-refractivity contribution in [3.8, 4) is 11.5 Å². The number of aliphatic hydroxyl groups is 1. The van der Waals surface area contributed by atoms with E-state index in [0.29, 0.717) is 25.9 Å². The third-order valence-corrected chi connectivity index (χ3v) is 6.37. The highest BCUT2D eigenvalue weighted by atomic mass is 16.7. The lowest BCUT2D eigenvalue weighted by Gasteiger charge is -2.31. The van der Waals surface area contributed by atoms with Gasteiger partial charge in [-0.05, 0) is 31.7 Å². The van der Waals surface area contributed by atoms with Gasteiger partial charge in [-0.15, -0.1) is 0 Å². The number of aromatic nitrogens is 1. The zero-order valence-electron chi connectivity index (χ0n) is 23.5. The monoisotopic (exact) mass is 574 g/mol.